The molecular weight excluding hydrogens is 310 g/mol. The van der Waals surface area contributed by atoms with Crippen LogP contribution < -0.4 is 5.32 Å². The SMILES string of the molecule is N#Cc1ccc(Nc2cccc(C(=O)O)n2)c(Br)c1. The van der Waals surface area contributed by atoms with E-state index in [0.717, 1.165) is 0 Å². The van der Waals surface area contributed by atoms with Gasteiger partial charge in [0.2, 0.25) is 0 Å². The van der Waals surface area contributed by atoms with E-state index in [1.54, 1.807) is 30.3 Å². The van der Waals surface area contributed by atoms with E-state index in [4.69, 9.17) is 10.4 Å². The van der Waals surface area contributed by atoms with E-state index in [9.17, 15) is 4.79 Å². The molecule has 1 heterocycles. The number of aromatic nitrogens is 1. The Morgan fingerprint density at radius 1 is 1.37 bits per heavy atom. The number of carboxylic acids is 1. The zero-order valence-electron chi connectivity index (χ0n) is 9.59. The maximum Gasteiger partial charge on any atom is 0.354 e. The largest absolute Gasteiger partial charge is 0.477 e. The predicted octanol–water partition coefficient (Wildman–Crippen LogP) is 3.16. The van der Waals surface area contributed by atoms with Gasteiger partial charge in [-0.3, -0.25) is 0 Å². The summed E-state index contributed by atoms with van der Waals surface area (Å²) in [5.41, 5.74) is 1.20. The Kier molecular flexibility index (Phi) is 3.78. The molecule has 0 unspecified atom stereocenters. The van der Waals surface area contributed by atoms with Crippen molar-refractivity contribution in [2.24, 2.45) is 0 Å². The van der Waals surface area contributed by atoms with Crippen LogP contribution in [0, 0.1) is 11.3 Å². The highest BCUT2D eigenvalue weighted by Crippen LogP contribution is 2.26. The molecule has 0 fully saturated rings. The summed E-state index contributed by atoms with van der Waals surface area (Å²) >= 11 is 3.34. The van der Waals surface area contributed by atoms with Crippen molar-refractivity contribution in [2.75, 3.05) is 5.32 Å². The molecule has 0 saturated heterocycles. The molecule has 2 N–H and O–H groups in total. The lowest BCUT2D eigenvalue weighted by Gasteiger charge is -2.08. The van der Waals surface area contributed by atoms with E-state index in [2.05, 4.69) is 26.2 Å². The van der Waals surface area contributed by atoms with Gasteiger partial charge in [0, 0.05) is 4.47 Å². The highest BCUT2D eigenvalue weighted by atomic mass is 79.9. The number of nitrogens with zero attached hydrogens (tertiary/aromatic N) is 2. The minimum absolute atomic E-state index is 0.0326. The molecule has 1 aromatic heterocycles. The molecule has 0 bridgehead atoms. The number of pyridine rings is 1. The second-order valence-electron chi connectivity index (χ2n) is 3.64. The predicted molar refractivity (Wildman–Crippen MR) is 73.3 cm³/mol. The Hall–Kier alpha value is -2.39. The second-order valence-corrected chi connectivity index (χ2v) is 4.50. The lowest BCUT2D eigenvalue weighted by atomic mass is 10.2. The molecule has 19 heavy (non-hydrogen) atoms. The summed E-state index contributed by atoms with van der Waals surface area (Å²) in [6.07, 6.45) is 0. The topological polar surface area (TPSA) is 86.0 Å². The van der Waals surface area contributed by atoms with E-state index < -0.39 is 5.97 Å². The summed E-state index contributed by atoms with van der Waals surface area (Å²) in [7, 11) is 0. The molecule has 6 heteroatoms. The highest BCUT2D eigenvalue weighted by Gasteiger charge is 2.07. The normalized spacial score (nSPS) is 9.68. The fourth-order valence-electron chi connectivity index (χ4n) is 1.45. The fourth-order valence-corrected chi connectivity index (χ4v) is 1.93. The van der Waals surface area contributed by atoms with E-state index in [1.807, 2.05) is 6.07 Å². The average Bonchev–Trinajstić information content (AvgIpc) is 2.41. The summed E-state index contributed by atoms with van der Waals surface area (Å²) in [5, 5.41) is 20.6. The van der Waals surface area contributed by atoms with Gasteiger partial charge in [0.1, 0.15) is 5.82 Å². The van der Waals surface area contributed by atoms with Crippen molar-refractivity contribution in [1.29, 1.82) is 5.26 Å². The van der Waals surface area contributed by atoms with Crippen LogP contribution in [0.1, 0.15) is 16.1 Å². The third kappa shape index (κ3) is 3.09. The van der Waals surface area contributed by atoms with Gasteiger partial charge in [-0.15, -0.1) is 0 Å². The van der Waals surface area contributed by atoms with Gasteiger partial charge in [0.25, 0.3) is 0 Å². The number of rotatable bonds is 3. The van der Waals surface area contributed by atoms with Crippen molar-refractivity contribution in [3.8, 4) is 6.07 Å². The van der Waals surface area contributed by atoms with Crippen molar-refractivity contribution in [3.05, 3.63) is 52.1 Å². The molecule has 0 spiro atoms. The Balaban J connectivity index is 2.29. The van der Waals surface area contributed by atoms with Crippen LogP contribution in [0.2, 0.25) is 0 Å². The first-order chi connectivity index (χ1) is 9.10. The zero-order chi connectivity index (χ0) is 13.8. The van der Waals surface area contributed by atoms with Crippen molar-refractivity contribution in [1.82, 2.24) is 4.98 Å². The smallest absolute Gasteiger partial charge is 0.354 e. The Morgan fingerprint density at radius 2 is 2.16 bits per heavy atom. The number of nitrogens with one attached hydrogen (secondary N) is 1. The molecule has 5 nitrogen and oxygen atoms in total. The van der Waals surface area contributed by atoms with Crippen molar-refractivity contribution in [2.45, 2.75) is 0 Å². The number of anilines is 2. The standard InChI is InChI=1S/C13H8BrN3O2/c14-9-6-8(7-15)4-5-10(9)16-12-3-1-2-11(17-12)13(18)19/h1-6H,(H,16,17)(H,18,19). The third-order valence-corrected chi connectivity index (χ3v) is 2.99. The monoisotopic (exact) mass is 317 g/mol. The number of benzene rings is 1. The number of carboxylic acid groups (broad SMARTS) is 1. The molecule has 0 aliphatic heterocycles. The third-order valence-electron chi connectivity index (χ3n) is 2.33. The number of aromatic carboxylic acids is 1. The number of nitriles is 1. The van der Waals surface area contributed by atoms with Crippen molar-refractivity contribution < 1.29 is 9.90 Å². The minimum Gasteiger partial charge on any atom is -0.477 e. The van der Waals surface area contributed by atoms with Gasteiger partial charge in [-0.1, -0.05) is 6.07 Å². The summed E-state index contributed by atoms with van der Waals surface area (Å²) < 4.78 is 0.703. The van der Waals surface area contributed by atoms with Gasteiger partial charge in [-0.05, 0) is 46.3 Å². The van der Waals surface area contributed by atoms with Gasteiger partial charge in [0.05, 0.1) is 17.3 Å². The Morgan fingerprint density at radius 3 is 2.79 bits per heavy atom. The molecule has 2 aromatic rings. The maximum atomic E-state index is 10.8. The van der Waals surface area contributed by atoms with Crippen LogP contribution in [0.25, 0.3) is 0 Å². The molecule has 0 aliphatic rings. The highest BCUT2D eigenvalue weighted by molar-refractivity contribution is 9.10. The van der Waals surface area contributed by atoms with E-state index in [0.29, 0.717) is 21.5 Å². The van der Waals surface area contributed by atoms with Crippen LogP contribution in [-0.2, 0) is 0 Å². The van der Waals surface area contributed by atoms with E-state index in [1.165, 1.54) is 6.07 Å². The fraction of sp³-hybridized carbons (Fsp3) is 0. The lowest BCUT2D eigenvalue weighted by Crippen LogP contribution is -2.02. The molecule has 0 saturated carbocycles. The number of hydrogen-bond donors (Lipinski definition) is 2. The molecule has 0 radical (unpaired) electrons. The minimum atomic E-state index is -1.08. The van der Waals surface area contributed by atoms with Crippen molar-refractivity contribution >= 4 is 33.4 Å². The van der Waals surface area contributed by atoms with Gasteiger partial charge in [0.15, 0.2) is 5.69 Å². The first-order valence-electron chi connectivity index (χ1n) is 5.27. The van der Waals surface area contributed by atoms with Crippen LogP contribution in [0.3, 0.4) is 0 Å². The number of hydrogen-bond acceptors (Lipinski definition) is 4. The first-order valence-corrected chi connectivity index (χ1v) is 6.06. The zero-order valence-corrected chi connectivity index (χ0v) is 11.2. The number of halogens is 1. The molecule has 2 rings (SSSR count). The van der Waals surface area contributed by atoms with Crippen LogP contribution in [-0.4, -0.2) is 16.1 Å². The van der Waals surface area contributed by atoms with Gasteiger partial charge in [-0.2, -0.15) is 5.26 Å². The van der Waals surface area contributed by atoms with E-state index >= 15 is 0 Å². The summed E-state index contributed by atoms with van der Waals surface area (Å²) in [5.74, 6) is -0.659. The lowest BCUT2D eigenvalue weighted by molar-refractivity contribution is 0.0690. The van der Waals surface area contributed by atoms with Crippen LogP contribution in [0.15, 0.2) is 40.9 Å². The van der Waals surface area contributed by atoms with E-state index in [-0.39, 0.29) is 5.69 Å². The molecule has 0 atom stereocenters. The van der Waals surface area contributed by atoms with Crippen LogP contribution >= 0.6 is 15.9 Å². The Labute approximate surface area is 117 Å². The molecule has 0 aliphatic carbocycles. The summed E-state index contributed by atoms with van der Waals surface area (Å²) in [6.45, 7) is 0. The first kappa shape index (κ1) is 13.1. The van der Waals surface area contributed by atoms with Gasteiger partial charge < -0.3 is 10.4 Å². The number of carbonyl (C=O) groups is 1. The molecule has 0 amide bonds. The molecule has 1 aromatic carbocycles. The molecule has 94 valence electrons. The van der Waals surface area contributed by atoms with Crippen molar-refractivity contribution in [3.63, 3.8) is 0 Å². The second kappa shape index (κ2) is 5.50. The average molecular weight is 318 g/mol. The summed E-state index contributed by atoms with van der Waals surface area (Å²) in [4.78, 5) is 14.8. The Bertz CT molecular complexity index is 680. The quantitative estimate of drug-likeness (QED) is 0.908. The summed E-state index contributed by atoms with van der Waals surface area (Å²) in [6, 6.07) is 11.8. The van der Waals surface area contributed by atoms with Gasteiger partial charge in [-0.25, -0.2) is 9.78 Å². The maximum absolute atomic E-state index is 10.8. The molecular formula is C13H8BrN3O2. The van der Waals surface area contributed by atoms with Crippen LogP contribution in [0.5, 0.6) is 0 Å². The van der Waals surface area contributed by atoms with Crippen LogP contribution in [0.4, 0.5) is 11.5 Å². The van der Waals surface area contributed by atoms with Gasteiger partial charge >= 0.3 is 5.97 Å².